The smallest absolute Gasteiger partial charge is 0.125 e. The first kappa shape index (κ1) is 13.1. The van der Waals surface area contributed by atoms with E-state index in [4.69, 9.17) is 4.74 Å². The van der Waals surface area contributed by atoms with Gasteiger partial charge in [-0.3, -0.25) is 9.58 Å². The fraction of sp³-hybridized carbons (Fsp3) is 0.400. The summed E-state index contributed by atoms with van der Waals surface area (Å²) in [5, 5.41) is 14.7. The predicted molar refractivity (Wildman–Crippen MR) is 75.4 cm³/mol. The molecule has 5 nitrogen and oxygen atoms in total. The highest BCUT2D eigenvalue weighted by molar-refractivity contribution is 5.37. The van der Waals surface area contributed by atoms with Gasteiger partial charge in [0, 0.05) is 30.9 Å². The summed E-state index contributed by atoms with van der Waals surface area (Å²) in [5.74, 6) is 0.783. The average Bonchev–Trinajstić information content (AvgIpc) is 2.84. The maximum absolute atomic E-state index is 10.5. The van der Waals surface area contributed by atoms with Crippen molar-refractivity contribution >= 4 is 0 Å². The molecule has 0 aliphatic carbocycles. The number of hydrogen-bond acceptors (Lipinski definition) is 4. The maximum atomic E-state index is 10.5. The van der Waals surface area contributed by atoms with E-state index in [9.17, 15) is 5.11 Å². The Bertz CT molecular complexity index is 596. The van der Waals surface area contributed by atoms with Gasteiger partial charge in [-0.05, 0) is 13.1 Å². The number of aliphatic hydroxyl groups excluding tert-OH is 1. The standard InChI is InChI=1S/C15H19N3O2/c1-17(8-11-7-16-18(2)9-11)13-10-20-14-6-4-3-5-12(14)15(13)19/h3-7,9,13,15,19H,8,10H2,1-2H3. The molecule has 1 aromatic carbocycles. The first-order chi connectivity index (χ1) is 9.65. The van der Waals surface area contributed by atoms with Crippen molar-refractivity contribution in [3.8, 4) is 5.75 Å². The van der Waals surface area contributed by atoms with Gasteiger partial charge in [0.05, 0.1) is 12.2 Å². The van der Waals surface area contributed by atoms with Gasteiger partial charge in [0.1, 0.15) is 18.5 Å². The minimum atomic E-state index is -0.526. The molecule has 1 aliphatic rings. The topological polar surface area (TPSA) is 50.5 Å². The van der Waals surface area contributed by atoms with Crippen LogP contribution in [-0.4, -0.2) is 39.5 Å². The summed E-state index contributed by atoms with van der Waals surface area (Å²) in [5.41, 5.74) is 1.99. The van der Waals surface area contributed by atoms with Crippen molar-refractivity contribution < 1.29 is 9.84 Å². The number of aromatic nitrogens is 2. The minimum Gasteiger partial charge on any atom is -0.491 e. The monoisotopic (exact) mass is 273 g/mol. The molecule has 0 saturated carbocycles. The van der Waals surface area contributed by atoms with Gasteiger partial charge in [0.15, 0.2) is 0 Å². The van der Waals surface area contributed by atoms with Gasteiger partial charge in [0.2, 0.25) is 0 Å². The summed E-state index contributed by atoms with van der Waals surface area (Å²) >= 11 is 0. The van der Waals surface area contributed by atoms with E-state index in [2.05, 4.69) is 10.00 Å². The van der Waals surface area contributed by atoms with Crippen LogP contribution < -0.4 is 4.74 Å². The van der Waals surface area contributed by atoms with Crippen LogP contribution in [0.4, 0.5) is 0 Å². The molecule has 20 heavy (non-hydrogen) atoms. The van der Waals surface area contributed by atoms with Gasteiger partial charge in [-0.1, -0.05) is 18.2 Å². The van der Waals surface area contributed by atoms with Crippen LogP contribution in [0.5, 0.6) is 5.75 Å². The van der Waals surface area contributed by atoms with Gasteiger partial charge in [0.25, 0.3) is 0 Å². The summed E-state index contributed by atoms with van der Waals surface area (Å²) in [4.78, 5) is 2.11. The fourth-order valence-electron chi connectivity index (χ4n) is 2.66. The molecular weight excluding hydrogens is 254 g/mol. The second-order valence-corrected chi connectivity index (χ2v) is 5.30. The van der Waals surface area contributed by atoms with Crippen molar-refractivity contribution in [1.29, 1.82) is 0 Å². The molecule has 0 fully saturated rings. The average molecular weight is 273 g/mol. The third kappa shape index (κ3) is 2.42. The van der Waals surface area contributed by atoms with Crippen molar-refractivity contribution in [2.24, 2.45) is 7.05 Å². The Hall–Kier alpha value is -1.85. The number of aliphatic hydroxyl groups is 1. The maximum Gasteiger partial charge on any atom is 0.125 e. The highest BCUT2D eigenvalue weighted by Gasteiger charge is 2.31. The van der Waals surface area contributed by atoms with Crippen LogP contribution in [0, 0.1) is 0 Å². The van der Waals surface area contributed by atoms with Gasteiger partial charge >= 0.3 is 0 Å². The number of likely N-dealkylation sites (N-methyl/N-ethyl adjacent to an activating group) is 1. The van der Waals surface area contributed by atoms with Crippen molar-refractivity contribution in [1.82, 2.24) is 14.7 Å². The zero-order valence-corrected chi connectivity index (χ0v) is 11.7. The molecule has 1 N–H and O–H groups in total. The van der Waals surface area contributed by atoms with Crippen LogP contribution in [0.15, 0.2) is 36.7 Å². The molecule has 2 unspecified atom stereocenters. The van der Waals surface area contributed by atoms with Crippen LogP contribution in [0.1, 0.15) is 17.2 Å². The number of fused-ring (bicyclic) bond motifs is 1. The first-order valence-electron chi connectivity index (χ1n) is 6.72. The zero-order valence-electron chi connectivity index (χ0n) is 11.7. The van der Waals surface area contributed by atoms with Gasteiger partial charge < -0.3 is 9.84 Å². The minimum absolute atomic E-state index is 0.0508. The van der Waals surface area contributed by atoms with E-state index in [1.165, 1.54) is 0 Å². The lowest BCUT2D eigenvalue weighted by molar-refractivity contribution is 0.0118. The van der Waals surface area contributed by atoms with Gasteiger partial charge in [-0.15, -0.1) is 0 Å². The zero-order chi connectivity index (χ0) is 14.1. The molecule has 0 radical (unpaired) electrons. The largest absolute Gasteiger partial charge is 0.491 e. The molecule has 0 spiro atoms. The fourth-order valence-corrected chi connectivity index (χ4v) is 2.66. The summed E-state index contributed by atoms with van der Waals surface area (Å²) < 4.78 is 7.53. The molecule has 106 valence electrons. The van der Waals surface area contributed by atoms with Crippen LogP contribution in [-0.2, 0) is 13.6 Å². The third-order valence-corrected chi connectivity index (χ3v) is 3.77. The lowest BCUT2D eigenvalue weighted by Crippen LogP contribution is -2.43. The first-order valence-corrected chi connectivity index (χ1v) is 6.72. The molecule has 5 heteroatoms. The van der Waals surface area contributed by atoms with E-state index in [1.807, 2.05) is 50.8 Å². The number of hydrogen-bond donors (Lipinski definition) is 1. The van der Waals surface area contributed by atoms with Crippen molar-refractivity contribution in [3.63, 3.8) is 0 Å². The molecular formula is C15H19N3O2. The number of para-hydroxylation sites is 1. The Kier molecular flexibility index (Phi) is 3.46. The Labute approximate surface area is 118 Å². The molecule has 2 heterocycles. The van der Waals surface area contributed by atoms with Crippen molar-refractivity contribution in [3.05, 3.63) is 47.8 Å². The molecule has 2 atom stereocenters. The van der Waals surface area contributed by atoms with E-state index in [-0.39, 0.29) is 6.04 Å². The van der Waals surface area contributed by atoms with Crippen LogP contribution in [0.25, 0.3) is 0 Å². The molecule has 0 saturated heterocycles. The van der Waals surface area contributed by atoms with E-state index in [0.29, 0.717) is 6.61 Å². The number of benzene rings is 1. The molecule has 0 bridgehead atoms. The number of aryl methyl sites for hydroxylation is 1. The Morgan fingerprint density at radius 1 is 1.45 bits per heavy atom. The van der Waals surface area contributed by atoms with Crippen molar-refractivity contribution in [2.45, 2.75) is 18.7 Å². The third-order valence-electron chi connectivity index (χ3n) is 3.77. The normalized spacial score (nSPS) is 21.6. The predicted octanol–water partition coefficient (Wildman–Crippen LogP) is 1.35. The summed E-state index contributed by atoms with van der Waals surface area (Å²) in [6, 6.07) is 7.62. The number of ether oxygens (including phenoxy) is 1. The van der Waals surface area contributed by atoms with E-state index in [1.54, 1.807) is 4.68 Å². The second-order valence-electron chi connectivity index (χ2n) is 5.30. The second kappa shape index (κ2) is 5.26. The SMILES string of the molecule is CN(Cc1cnn(C)c1)C1COc2ccccc2C1O. The van der Waals surface area contributed by atoms with E-state index < -0.39 is 6.10 Å². The highest BCUT2D eigenvalue weighted by Crippen LogP contribution is 2.33. The van der Waals surface area contributed by atoms with Crippen LogP contribution >= 0.6 is 0 Å². The van der Waals surface area contributed by atoms with Crippen molar-refractivity contribution in [2.75, 3.05) is 13.7 Å². The van der Waals surface area contributed by atoms with E-state index in [0.717, 1.165) is 23.4 Å². The quantitative estimate of drug-likeness (QED) is 0.917. The Balaban J connectivity index is 1.75. The number of rotatable bonds is 3. The molecule has 0 amide bonds. The van der Waals surface area contributed by atoms with Crippen LogP contribution in [0.3, 0.4) is 0 Å². The summed E-state index contributed by atoms with van der Waals surface area (Å²) in [6.07, 6.45) is 3.31. The molecule has 1 aliphatic heterocycles. The Morgan fingerprint density at radius 3 is 3.00 bits per heavy atom. The van der Waals surface area contributed by atoms with E-state index >= 15 is 0 Å². The van der Waals surface area contributed by atoms with Crippen LogP contribution in [0.2, 0.25) is 0 Å². The lowest BCUT2D eigenvalue weighted by Gasteiger charge is -2.36. The Morgan fingerprint density at radius 2 is 2.25 bits per heavy atom. The van der Waals surface area contributed by atoms with Gasteiger partial charge in [-0.25, -0.2) is 0 Å². The summed E-state index contributed by atoms with van der Waals surface area (Å²) in [7, 11) is 3.90. The summed E-state index contributed by atoms with van der Waals surface area (Å²) in [6.45, 7) is 1.23. The number of nitrogens with zero attached hydrogens (tertiary/aromatic N) is 3. The molecule has 1 aromatic heterocycles. The van der Waals surface area contributed by atoms with Gasteiger partial charge in [-0.2, -0.15) is 5.10 Å². The molecule has 2 aromatic rings. The molecule has 3 rings (SSSR count). The lowest BCUT2D eigenvalue weighted by atomic mass is 9.98. The highest BCUT2D eigenvalue weighted by atomic mass is 16.5.